The highest BCUT2D eigenvalue weighted by Gasteiger charge is 2.13. The second-order valence-corrected chi connectivity index (χ2v) is 5.64. The molecule has 0 aliphatic heterocycles. The summed E-state index contributed by atoms with van der Waals surface area (Å²) in [5.74, 6) is -1.17. The van der Waals surface area contributed by atoms with Crippen LogP contribution in [-0.2, 0) is 11.2 Å². The average molecular weight is 303 g/mol. The molecule has 2 N–H and O–H groups in total. The normalized spacial score (nSPS) is 10.3. The van der Waals surface area contributed by atoms with Gasteiger partial charge in [-0.25, -0.2) is 4.79 Å². The Bertz CT molecular complexity index is 631. The number of hydrogen-bond donors (Lipinski definition) is 2. The van der Waals surface area contributed by atoms with Gasteiger partial charge in [0.25, 0.3) is 0 Å². The molecule has 1 amide bonds. The molecule has 0 fully saturated rings. The van der Waals surface area contributed by atoms with E-state index in [0.29, 0.717) is 12.1 Å². The van der Waals surface area contributed by atoms with E-state index in [1.807, 2.05) is 6.92 Å². The summed E-state index contributed by atoms with van der Waals surface area (Å²) in [6.45, 7) is 2.04. The molecule has 0 aliphatic rings. The molecular weight excluding hydrogens is 286 g/mol. The Morgan fingerprint density at radius 2 is 1.90 bits per heavy atom. The van der Waals surface area contributed by atoms with Gasteiger partial charge < -0.3 is 10.4 Å². The molecule has 1 heterocycles. The number of benzene rings is 1. The summed E-state index contributed by atoms with van der Waals surface area (Å²) >= 11 is 1.26. The number of amides is 1. The Hall–Kier alpha value is -2.14. The van der Waals surface area contributed by atoms with E-state index in [0.717, 1.165) is 12.8 Å². The van der Waals surface area contributed by atoms with Crippen molar-refractivity contribution < 1.29 is 14.7 Å². The maximum atomic E-state index is 11.8. The number of hydrogen-bond acceptors (Lipinski definition) is 3. The summed E-state index contributed by atoms with van der Waals surface area (Å²) in [5, 5.41) is 14.8. The summed E-state index contributed by atoms with van der Waals surface area (Å²) < 4.78 is 0. The first-order valence-electron chi connectivity index (χ1n) is 6.71. The highest BCUT2D eigenvalue weighted by molar-refractivity contribution is 7.08. The number of anilines is 1. The second-order valence-electron chi connectivity index (χ2n) is 4.89. The number of aryl methyl sites for hydroxylation is 2. The second kappa shape index (κ2) is 7.04. The first-order valence-corrected chi connectivity index (χ1v) is 7.65. The first kappa shape index (κ1) is 15.3. The fourth-order valence-corrected chi connectivity index (χ4v) is 2.73. The first-order chi connectivity index (χ1) is 10.1. The predicted molar refractivity (Wildman–Crippen MR) is 84.0 cm³/mol. The van der Waals surface area contributed by atoms with Crippen molar-refractivity contribution in [2.45, 2.75) is 26.2 Å². The van der Waals surface area contributed by atoms with Crippen LogP contribution in [0.5, 0.6) is 0 Å². The minimum Gasteiger partial charge on any atom is -0.478 e. The van der Waals surface area contributed by atoms with E-state index < -0.39 is 5.97 Å². The average Bonchev–Trinajstić information content (AvgIpc) is 2.89. The lowest BCUT2D eigenvalue weighted by Crippen LogP contribution is -2.13. The fourth-order valence-electron chi connectivity index (χ4n) is 1.98. The monoisotopic (exact) mass is 303 g/mol. The van der Waals surface area contributed by atoms with Crippen molar-refractivity contribution in [1.29, 1.82) is 0 Å². The lowest BCUT2D eigenvalue weighted by molar-refractivity contribution is -0.116. The molecule has 1 aromatic heterocycles. The molecule has 5 heteroatoms. The van der Waals surface area contributed by atoms with Gasteiger partial charge in [0.05, 0.1) is 11.3 Å². The van der Waals surface area contributed by atoms with Crippen LogP contribution >= 0.6 is 11.3 Å². The third-order valence-electron chi connectivity index (χ3n) is 3.16. The minimum atomic E-state index is -1.02. The summed E-state index contributed by atoms with van der Waals surface area (Å²) in [6, 6.07) is 8.24. The zero-order chi connectivity index (χ0) is 15.2. The van der Waals surface area contributed by atoms with E-state index in [-0.39, 0.29) is 11.5 Å². The van der Waals surface area contributed by atoms with Crippen LogP contribution in [-0.4, -0.2) is 17.0 Å². The SMILES string of the molecule is Cc1ccc(CCCC(=O)Nc2cscc2C(=O)O)cc1. The highest BCUT2D eigenvalue weighted by Crippen LogP contribution is 2.21. The molecule has 1 aromatic carbocycles. The maximum absolute atomic E-state index is 11.8. The van der Waals surface area contributed by atoms with Gasteiger partial charge in [-0.3, -0.25) is 4.79 Å². The Labute approximate surface area is 127 Å². The van der Waals surface area contributed by atoms with Crippen LogP contribution in [0.4, 0.5) is 5.69 Å². The summed E-state index contributed by atoms with van der Waals surface area (Å²) in [5.41, 5.74) is 2.95. The minimum absolute atomic E-state index is 0.145. The van der Waals surface area contributed by atoms with Gasteiger partial charge >= 0.3 is 5.97 Å². The number of nitrogens with one attached hydrogen (secondary N) is 1. The van der Waals surface area contributed by atoms with Crippen LogP contribution in [0.2, 0.25) is 0 Å². The van der Waals surface area contributed by atoms with Crippen LogP contribution in [0.25, 0.3) is 0 Å². The molecular formula is C16H17NO3S. The lowest BCUT2D eigenvalue weighted by atomic mass is 10.1. The quantitative estimate of drug-likeness (QED) is 0.854. The van der Waals surface area contributed by atoms with E-state index in [2.05, 4.69) is 29.6 Å². The molecule has 0 radical (unpaired) electrons. The number of carbonyl (C=O) groups excluding carboxylic acids is 1. The number of rotatable bonds is 6. The number of thiophene rings is 1. The lowest BCUT2D eigenvalue weighted by Gasteiger charge is -2.05. The maximum Gasteiger partial charge on any atom is 0.338 e. The Morgan fingerprint density at radius 3 is 2.57 bits per heavy atom. The molecule has 0 unspecified atom stereocenters. The highest BCUT2D eigenvalue weighted by atomic mass is 32.1. The van der Waals surface area contributed by atoms with Crippen LogP contribution in [0, 0.1) is 6.92 Å². The van der Waals surface area contributed by atoms with Crippen LogP contribution in [0.1, 0.15) is 34.3 Å². The number of carboxylic acid groups (broad SMARTS) is 1. The molecule has 0 spiro atoms. The molecule has 110 valence electrons. The van der Waals surface area contributed by atoms with Gasteiger partial charge in [-0.05, 0) is 25.3 Å². The van der Waals surface area contributed by atoms with Crippen molar-refractivity contribution in [3.05, 3.63) is 51.7 Å². The summed E-state index contributed by atoms with van der Waals surface area (Å²) in [6.07, 6.45) is 1.95. The van der Waals surface area contributed by atoms with Gasteiger partial charge in [0.1, 0.15) is 0 Å². The third kappa shape index (κ3) is 4.43. The van der Waals surface area contributed by atoms with Gasteiger partial charge in [-0.15, -0.1) is 11.3 Å². The van der Waals surface area contributed by atoms with Crippen LogP contribution in [0.3, 0.4) is 0 Å². The zero-order valence-corrected chi connectivity index (χ0v) is 12.6. The molecule has 2 aromatic rings. The van der Waals surface area contributed by atoms with E-state index in [1.54, 1.807) is 5.38 Å². The van der Waals surface area contributed by atoms with E-state index in [4.69, 9.17) is 5.11 Å². The molecule has 0 bridgehead atoms. The molecule has 4 nitrogen and oxygen atoms in total. The fraction of sp³-hybridized carbons (Fsp3) is 0.250. The molecule has 0 atom stereocenters. The van der Waals surface area contributed by atoms with Crippen LogP contribution < -0.4 is 5.32 Å². The van der Waals surface area contributed by atoms with Crippen molar-refractivity contribution in [3.8, 4) is 0 Å². The van der Waals surface area contributed by atoms with Gasteiger partial charge in [0.2, 0.25) is 5.91 Å². The van der Waals surface area contributed by atoms with Crippen molar-refractivity contribution in [2.24, 2.45) is 0 Å². The van der Waals surface area contributed by atoms with E-state index in [1.165, 1.54) is 27.8 Å². The molecule has 0 aliphatic carbocycles. The van der Waals surface area contributed by atoms with Gasteiger partial charge in [-0.1, -0.05) is 29.8 Å². The number of aromatic carboxylic acids is 1. The van der Waals surface area contributed by atoms with Crippen molar-refractivity contribution >= 4 is 28.9 Å². The van der Waals surface area contributed by atoms with Gasteiger partial charge in [0.15, 0.2) is 0 Å². The van der Waals surface area contributed by atoms with E-state index in [9.17, 15) is 9.59 Å². The smallest absolute Gasteiger partial charge is 0.338 e. The molecule has 21 heavy (non-hydrogen) atoms. The number of carbonyl (C=O) groups is 2. The summed E-state index contributed by atoms with van der Waals surface area (Å²) in [7, 11) is 0. The largest absolute Gasteiger partial charge is 0.478 e. The Balaban J connectivity index is 1.81. The topological polar surface area (TPSA) is 66.4 Å². The Morgan fingerprint density at radius 1 is 1.19 bits per heavy atom. The third-order valence-corrected chi connectivity index (χ3v) is 3.90. The summed E-state index contributed by atoms with van der Waals surface area (Å²) in [4.78, 5) is 22.8. The number of carboxylic acids is 1. The van der Waals surface area contributed by atoms with Gasteiger partial charge in [0, 0.05) is 17.2 Å². The zero-order valence-electron chi connectivity index (χ0n) is 11.8. The Kier molecular flexibility index (Phi) is 5.11. The standard InChI is InChI=1S/C16H17NO3S/c1-11-5-7-12(8-6-11)3-2-4-15(18)17-14-10-21-9-13(14)16(19)20/h5-10H,2-4H2,1H3,(H,17,18)(H,19,20). The molecule has 0 saturated heterocycles. The van der Waals surface area contributed by atoms with Crippen molar-refractivity contribution in [2.75, 3.05) is 5.32 Å². The van der Waals surface area contributed by atoms with Crippen molar-refractivity contribution in [1.82, 2.24) is 0 Å². The van der Waals surface area contributed by atoms with Gasteiger partial charge in [-0.2, -0.15) is 0 Å². The van der Waals surface area contributed by atoms with E-state index >= 15 is 0 Å². The van der Waals surface area contributed by atoms with Crippen molar-refractivity contribution in [3.63, 3.8) is 0 Å². The van der Waals surface area contributed by atoms with Crippen LogP contribution in [0.15, 0.2) is 35.0 Å². The molecule has 0 saturated carbocycles. The predicted octanol–water partition coefficient (Wildman–Crippen LogP) is 3.72. The molecule has 2 rings (SSSR count).